The lowest BCUT2D eigenvalue weighted by molar-refractivity contribution is 0.0928. The van der Waals surface area contributed by atoms with E-state index in [2.05, 4.69) is 26.6 Å². The standard InChI is InChI=1S/C12H15BrN2O2.ClH/c13-8-3-4-11(16)10(6-8)12(17)15-9-2-1-5-14-7-9;/h3-4,6,9,14,16H,1-2,5,7H2,(H,15,17);1H/t9-;/m1./s1. The summed E-state index contributed by atoms with van der Waals surface area (Å²) in [6.45, 7) is 1.80. The van der Waals surface area contributed by atoms with Crippen LogP contribution in [-0.2, 0) is 0 Å². The van der Waals surface area contributed by atoms with E-state index < -0.39 is 0 Å². The van der Waals surface area contributed by atoms with Gasteiger partial charge >= 0.3 is 0 Å². The Labute approximate surface area is 121 Å². The van der Waals surface area contributed by atoms with Crippen LogP contribution in [0.25, 0.3) is 0 Å². The van der Waals surface area contributed by atoms with Gasteiger partial charge in [0.2, 0.25) is 0 Å². The fraction of sp³-hybridized carbons (Fsp3) is 0.417. The van der Waals surface area contributed by atoms with E-state index in [1.807, 2.05) is 0 Å². The molecule has 0 bridgehead atoms. The molecular formula is C12H16BrClN2O2. The average molecular weight is 336 g/mol. The molecule has 0 unspecified atom stereocenters. The molecule has 1 heterocycles. The van der Waals surface area contributed by atoms with E-state index in [-0.39, 0.29) is 30.1 Å². The normalized spacial score (nSPS) is 18.8. The van der Waals surface area contributed by atoms with Crippen molar-refractivity contribution in [2.45, 2.75) is 18.9 Å². The van der Waals surface area contributed by atoms with Gasteiger partial charge in [-0.05, 0) is 37.6 Å². The highest BCUT2D eigenvalue weighted by atomic mass is 79.9. The van der Waals surface area contributed by atoms with Gasteiger partial charge in [0.05, 0.1) is 5.56 Å². The molecule has 1 amide bonds. The summed E-state index contributed by atoms with van der Waals surface area (Å²) in [6, 6.07) is 4.99. The Bertz CT molecular complexity index is 423. The summed E-state index contributed by atoms with van der Waals surface area (Å²) < 4.78 is 0.780. The van der Waals surface area contributed by atoms with Gasteiger partial charge in [-0.25, -0.2) is 0 Å². The Morgan fingerprint density at radius 2 is 2.28 bits per heavy atom. The maximum atomic E-state index is 12.0. The van der Waals surface area contributed by atoms with Gasteiger partial charge < -0.3 is 15.7 Å². The summed E-state index contributed by atoms with van der Waals surface area (Å²) >= 11 is 3.29. The molecule has 3 N–H and O–H groups in total. The maximum absolute atomic E-state index is 12.0. The van der Waals surface area contributed by atoms with Crippen LogP contribution in [0.15, 0.2) is 22.7 Å². The molecule has 0 saturated carbocycles. The minimum absolute atomic E-state index is 0. The Hall–Kier alpha value is -0.780. The van der Waals surface area contributed by atoms with Crippen LogP contribution < -0.4 is 10.6 Å². The number of halogens is 2. The van der Waals surface area contributed by atoms with Gasteiger partial charge in [0.25, 0.3) is 5.91 Å². The van der Waals surface area contributed by atoms with Gasteiger partial charge in [0.1, 0.15) is 5.75 Å². The quantitative estimate of drug-likeness (QED) is 0.775. The third-order valence-corrected chi connectivity index (χ3v) is 3.33. The summed E-state index contributed by atoms with van der Waals surface area (Å²) in [5.41, 5.74) is 0.310. The van der Waals surface area contributed by atoms with Crippen LogP contribution in [0.1, 0.15) is 23.2 Å². The van der Waals surface area contributed by atoms with E-state index in [1.54, 1.807) is 12.1 Å². The second-order valence-corrected chi connectivity index (χ2v) is 5.09. The topological polar surface area (TPSA) is 61.4 Å². The molecule has 0 aliphatic carbocycles. The SMILES string of the molecule is Cl.O=C(N[C@@H]1CCCNC1)c1cc(Br)ccc1O. The van der Waals surface area contributed by atoms with Gasteiger partial charge in [-0.2, -0.15) is 0 Å². The number of carbonyl (C=O) groups is 1. The molecule has 1 aromatic carbocycles. The number of hydrogen-bond acceptors (Lipinski definition) is 3. The number of carbonyl (C=O) groups excluding carboxylic acids is 1. The molecule has 6 heteroatoms. The zero-order chi connectivity index (χ0) is 12.3. The van der Waals surface area contributed by atoms with Crippen LogP contribution in [0, 0.1) is 0 Å². The molecule has 1 aliphatic heterocycles. The second kappa shape index (κ2) is 6.97. The molecule has 0 spiro atoms. The van der Waals surface area contributed by atoms with Crippen molar-refractivity contribution in [3.8, 4) is 5.75 Å². The third kappa shape index (κ3) is 3.86. The summed E-state index contributed by atoms with van der Waals surface area (Å²) in [6.07, 6.45) is 2.04. The highest BCUT2D eigenvalue weighted by Crippen LogP contribution is 2.21. The lowest BCUT2D eigenvalue weighted by atomic mass is 10.1. The summed E-state index contributed by atoms with van der Waals surface area (Å²) in [5.74, 6) is -0.216. The van der Waals surface area contributed by atoms with E-state index in [4.69, 9.17) is 0 Å². The number of phenols is 1. The number of nitrogens with one attached hydrogen (secondary N) is 2. The first-order chi connectivity index (χ1) is 8.16. The molecule has 0 radical (unpaired) electrons. The number of piperidine rings is 1. The number of phenolic OH excluding ortho intramolecular Hbond substituents is 1. The smallest absolute Gasteiger partial charge is 0.255 e. The van der Waals surface area contributed by atoms with E-state index >= 15 is 0 Å². The monoisotopic (exact) mass is 334 g/mol. The van der Waals surface area contributed by atoms with E-state index in [9.17, 15) is 9.90 Å². The summed E-state index contributed by atoms with van der Waals surface area (Å²) in [7, 11) is 0. The Balaban J connectivity index is 0.00000162. The van der Waals surface area contributed by atoms with Gasteiger partial charge in [-0.1, -0.05) is 15.9 Å². The van der Waals surface area contributed by atoms with Crippen molar-refractivity contribution in [2.75, 3.05) is 13.1 Å². The fourth-order valence-electron chi connectivity index (χ4n) is 1.93. The predicted molar refractivity (Wildman–Crippen MR) is 76.4 cm³/mol. The minimum atomic E-state index is -0.225. The van der Waals surface area contributed by atoms with Crippen LogP contribution in [0.5, 0.6) is 5.75 Å². The molecule has 1 aliphatic rings. The van der Waals surface area contributed by atoms with Crippen molar-refractivity contribution < 1.29 is 9.90 Å². The van der Waals surface area contributed by atoms with Crippen molar-refractivity contribution in [1.29, 1.82) is 0 Å². The molecule has 1 atom stereocenters. The molecule has 0 aromatic heterocycles. The van der Waals surface area contributed by atoms with Crippen molar-refractivity contribution in [2.24, 2.45) is 0 Å². The second-order valence-electron chi connectivity index (χ2n) is 4.18. The molecule has 1 saturated heterocycles. The molecule has 18 heavy (non-hydrogen) atoms. The number of rotatable bonds is 2. The molecule has 100 valence electrons. The number of aromatic hydroxyl groups is 1. The first kappa shape index (κ1) is 15.3. The number of benzene rings is 1. The number of amides is 1. The Morgan fingerprint density at radius 3 is 2.94 bits per heavy atom. The van der Waals surface area contributed by atoms with Gasteiger partial charge in [0, 0.05) is 17.1 Å². The van der Waals surface area contributed by atoms with E-state index in [0.29, 0.717) is 5.56 Å². The largest absolute Gasteiger partial charge is 0.507 e. The van der Waals surface area contributed by atoms with Crippen LogP contribution in [-0.4, -0.2) is 30.1 Å². The summed E-state index contributed by atoms with van der Waals surface area (Å²) in [5, 5.41) is 15.8. The van der Waals surface area contributed by atoms with Crippen LogP contribution >= 0.6 is 28.3 Å². The molecular weight excluding hydrogens is 320 g/mol. The van der Waals surface area contributed by atoms with E-state index in [0.717, 1.165) is 30.4 Å². The fourth-order valence-corrected chi connectivity index (χ4v) is 2.29. The zero-order valence-corrected chi connectivity index (χ0v) is 12.2. The van der Waals surface area contributed by atoms with Crippen molar-refractivity contribution in [3.05, 3.63) is 28.2 Å². The predicted octanol–water partition coefficient (Wildman–Crippen LogP) is 2.06. The van der Waals surface area contributed by atoms with Crippen molar-refractivity contribution in [3.63, 3.8) is 0 Å². The molecule has 2 rings (SSSR count). The molecule has 1 aromatic rings. The molecule has 1 fully saturated rings. The Kier molecular flexibility index (Phi) is 5.91. The Morgan fingerprint density at radius 1 is 1.50 bits per heavy atom. The lowest BCUT2D eigenvalue weighted by Crippen LogP contribution is -2.45. The van der Waals surface area contributed by atoms with Gasteiger partial charge in [-0.3, -0.25) is 4.79 Å². The number of hydrogen-bond donors (Lipinski definition) is 3. The first-order valence-electron chi connectivity index (χ1n) is 5.67. The summed E-state index contributed by atoms with van der Waals surface area (Å²) in [4.78, 5) is 12.0. The van der Waals surface area contributed by atoms with Crippen molar-refractivity contribution in [1.82, 2.24) is 10.6 Å². The van der Waals surface area contributed by atoms with Crippen LogP contribution in [0.2, 0.25) is 0 Å². The lowest BCUT2D eigenvalue weighted by Gasteiger charge is -2.23. The average Bonchev–Trinajstić information content (AvgIpc) is 2.33. The van der Waals surface area contributed by atoms with Crippen LogP contribution in [0.3, 0.4) is 0 Å². The van der Waals surface area contributed by atoms with Gasteiger partial charge in [-0.15, -0.1) is 12.4 Å². The molecule has 4 nitrogen and oxygen atoms in total. The van der Waals surface area contributed by atoms with Crippen LogP contribution in [0.4, 0.5) is 0 Å². The maximum Gasteiger partial charge on any atom is 0.255 e. The first-order valence-corrected chi connectivity index (χ1v) is 6.46. The van der Waals surface area contributed by atoms with E-state index in [1.165, 1.54) is 6.07 Å². The minimum Gasteiger partial charge on any atom is -0.507 e. The highest BCUT2D eigenvalue weighted by molar-refractivity contribution is 9.10. The van der Waals surface area contributed by atoms with Crippen molar-refractivity contribution >= 4 is 34.2 Å². The zero-order valence-electron chi connectivity index (χ0n) is 9.78. The van der Waals surface area contributed by atoms with Gasteiger partial charge in [0.15, 0.2) is 0 Å². The third-order valence-electron chi connectivity index (χ3n) is 2.84. The highest BCUT2D eigenvalue weighted by Gasteiger charge is 2.18.